The Bertz CT molecular complexity index is 826. The Hall–Kier alpha value is -2.56. The highest BCUT2D eigenvalue weighted by Gasteiger charge is 2.13. The summed E-state index contributed by atoms with van der Waals surface area (Å²) in [5, 5.41) is 0. The number of ether oxygens (including phenoxy) is 1. The van der Waals surface area contributed by atoms with E-state index < -0.39 is 0 Å². The van der Waals surface area contributed by atoms with E-state index in [0.29, 0.717) is 0 Å². The van der Waals surface area contributed by atoms with Crippen molar-refractivity contribution in [1.29, 1.82) is 0 Å². The van der Waals surface area contributed by atoms with Gasteiger partial charge in [0, 0.05) is 38.1 Å². The lowest BCUT2D eigenvalue weighted by atomic mass is 10.2. The van der Waals surface area contributed by atoms with E-state index in [1.54, 1.807) is 7.11 Å². The number of hydrogen-bond donors (Lipinski definition) is 0. The van der Waals surface area contributed by atoms with Gasteiger partial charge in [0.05, 0.1) is 12.8 Å². The molecule has 0 amide bonds. The Morgan fingerprint density at radius 3 is 2.30 bits per heavy atom. The predicted octanol–water partition coefficient (Wildman–Crippen LogP) is 4.05. The largest absolute Gasteiger partial charge is 0.495 e. The van der Waals surface area contributed by atoms with E-state index in [-0.39, 0.29) is 0 Å². The third-order valence-electron chi connectivity index (χ3n) is 4.68. The van der Waals surface area contributed by atoms with Crippen LogP contribution in [0.25, 0.3) is 5.69 Å². The first-order valence-corrected chi connectivity index (χ1v) is 9.38. The van der Waals surface area contributed by atoms with Crippen molar-refractivity contribution < 1.29 is 4.74 Å². The fraction of sp³-hybridized carbons (Fsp3) is 0.304. The smallest absolute Gasteiger partial charge is 0.142 e. The highest BCUT2D eigenvalue weighted by atomic mass is 16.5. The van der Waals surface area contributed by atoms with E-state index in [0.717, 1.165) is 37.6 Å². The van der Waals surface area contributed by atoms with Gasteiger partial charge >= 0.3 is 0 Å². The molecule has 0 saturated heterocycles. The number of likely N-dealkylation sites (N-methyl/N-ethyl adjacent to an activating group) is 1. The summed E-state index contributed by atoms with van der Waals surface area (Å²) in [6.45, 7) is 3.86. The van der Waals surface area contributed by atoms with Crippen molar-refractivity contribution in [3.63, 3.8) is 0 Å². The second-order valence-corrected chi connectivity index (χ2v) is 7.04. The lowest BCUT2D eigenvalue weighted by Crippen LogP contribution is -2.31. The van der Waals surface area contributed by atoms with Gasteiger partial charge in [-0.25, -0.2) is 0 Å². The minimum absolute atomic E-state index is 0.883. The maximum atomic E-state index is 5.56. The first-order valence-electron chi connectivity index (χ1n) is 9.38. The fourth-order valence-corrected chi connectivity index (χ4v) is 3.24. The van der Waals surface area contributed by atoms with E-state index in [2.05, 4.69) is 89.3 Å². The van der Waals surface area contributed by atoms with Crippen LogP contribution in [0.2, 0.25) is 0 Å². The van der Waals surface area contributed by atoms with E-state index in [9.17, 15) is 0 Å². The third-order valence-corrected chi connectivity index (χ3v) is 4.68. The van der Waals surface area contributed by atoms with Gasteiger partial charge in [-0.05, 0) is 43.9 Å². The normalized spacial score (nSPS) is 11.3. The average Bonchev–Trinajstić information content (AvgIpc) is 3.14. The molecule has 0 fully saturated rings. The molecule has 3 aromatic rings. The van der Waals surface area contributed by atoms with Gasteiger partial charge < -0.3 is 14.2 Å². The average molecular weight is 364 g/mol. The molecule has 0 unspecified atom stereocenters. The second-order valence-electron chi connectivity index (χ2n) is 7.04. The van der Waals surface area contributed by atoms with Gasteiger partial charge in [-0.15, -0.1) is 0 Å². The Kier molecular flexibility index (Phi) is 6.69. The molecule has 4 heteroatoms. The van der Waals surface area contributed by atoms with Gasteiger partial charge in [0.15, 0.2) is 0 Å². The molecule has 142 valence electrons. The molecule has 0 saturated carbocycles. The van der Waals surface area contributed by atoms with Crippen molar-refractivity contribution in [1.82, 2.24) is 14.4 Å². The molecule has 0 bridgehead atoms. The molecule has 0 radical (unpaired) electrons. The van der Waals surface area contributed by atoms with Crippen molar-refractivity contribution in [3.8, 4) is 11.4 Å². The van der Waals surface area contributed by atoms with Crippen LogP contribution in [0.4, 0.5) is 0 Å². The van der Waals surface area contributed by atoms with Gasteiger partial charge in [-0.2, -0.15) is 0 Å². The van der Waals surface area contributed by atoms with E-state index in [1.165, 1.54) is 11.3 Å². The van der Waals surface area contributed by atoms with Crippen molar-refractivity contribution >= 4 is 0 Å². The number of para-hydroxylation sites is 2. The van der Waals surface area contributed by atoms with Gasteiger partial charge in [0.25, 0.3) is 0 Å². The highest BCUT2D eigenvalue weighted by molar-refractivity contribution is 5.48. The molecule has 3 rings (SSSR count). The molecular formula is C23H29N3O. The van der Waals surface area contributed by atoms with Crippen LogP contribution in [0.3, 0.4) is 0 Å². The molecule has 1 aromatic heterocycles. The maximum absolute atomic E-state index is 5.56. The molecular weight excluding hydrogens is 334 g/mol. The zero-order valence-electron chi connectivity index (χ0n) is 16.5. The number of aromatic nitrogens is 1. The van der Waals surface area contributed by atoms with Gasteiger partial charge in [-0.3, -0.25) is 4.90 Å². The molecule has 0 aliphatic heterocycles. The summed E-state index contributed by atoms with van der Waals surface area (Å²) < 4.78 is 7.79. The standard InChI is InChI=1S/C23H29N3O/c1-24(2)16-17-25(18-20-10-5-4-6-11-20)19-21-12-9-15-26(21)22-13-7-8-14-23(22)27-3/h4-15H,16-19H2,1-3H3. The molecule has 27 heavy (non-hydrogen) atoms. The molecule has 4 nitrogen and oxygen atoms in total. The summed E-state index contributed by atoms with van der Waals surface area (Å²) in [4.78, 5) is 4.73. The molecule has 0 N–H and O–H groups in total. The summed E-state index contributed by atoms with van der Waals surface area (Å²) in [5.74, 6) is 0.887. The summed E-state index contributed by atoms with van der Waals surface area (Å²) >= 11 is 0. The van der Waals surface area contributed by atoms with Gasteiger partial charge in [0.1, 0.15) is 5.75 Å². The number of methoxy groups -OCH3 is 1. The first-order chi connectivity index (χ1) is 13.2. The van der Waals surface area contributed by atoms with Crippen LogP contribution in [0, 0.1) is 0 Å². The number of nitrogens with zero attached hydrogens (tertiary/aromatic N) is 3. The Balaban J connectivity index is 1.82. The van der Waals surface area contributed by atoms with Crippen molar-refractivity contribution in [2.75, 3.05) is 34.3 Å². The van der Waals surface area contributed by atoms with E-state index >= 15 is 0 Å². The van der Waals surface area contributed by atoms with Gasteiger partial charge in [-0.1, -0.05) is 42.5 Å². The molecule has 2 aromatic carbocycles. The van der Waals surface area contributed by atoms with Gasteiger partial charge in [0.2, 0.25) is 0 Å². The van der Waals surface area contributed by atoms with E-state index in [1.807, 2.05) is 12.1 Å². The highest BCUT2D eigenvalue weighted by Crippen LogP contribution is 2.24. The summed E-state index contributed by atoms with van der Waals surface area (Å²) in [6.07, 6.45) is 2.11. The van der Waals surface area contributed by atoms with Crippen LogP contribution in [0.15, 0.2) is 72.9 Å². The number of benzene rings is 2. The molecule has 0 aliphatic rings. The van der Waals surface area contributed by atoms with Crippen LogP contribution in [-0.4, -0.2) is 48.7 Å². The number of hydrogen-bond acceptors (Lipinski definition) is 3. The van der Waals surface area contributed by atoms with Crippen LogP contribution in [0.1, 0.15) is 11.3 Å². The molecule has 1 heterocycles. The van der Waals surface area contributed by atoms with Crippen LogP contribution < -0.4 is 4.74 Å². The zero-order chi connectivity index (χ0) is 19.1. The monoisotopic (exact) mass is 363 g/mol. The maximum Gasteiger partial charge on any atom is 0.142 e. The topological polar surface area (TPSA) is 20.6 Å². The summed E-state index contributed by atoms with van der Waals surface area (Å²) in [6, 6.07) is 23.1. The SMILES string of the molecule is COc1ccccc1-n1cccc1CN(CCN(C)C)Cc1ccccc1. The van der Waals surface area contributed by atoms with Crippen molar-refractivity contribution in [2.45, 2.75) is 13.1 Å². The second kappa shape index (κ2) is 9.40. The van der Waals surface area contributed by atoms with Crippen LogP contribution in [0.5, 0.6) is 5.75 Å². The molecule has 0 aliphatic carbocycles. The van der Waals surface area contributed by atoms with Crippen molar-refractivity contribution in [3.05, 3.63) is 84.2 Å². The Labute approximate surface area is 162 Å². The quantitative estimate of drug-likeness (QED) is 0.572. The first kappa shape index (κ1) is 19.2. The lowest BCUT2D eigenvalue weighted by molar-refractivity contribution is 0.223. The van der Waals surface area contributed by atoms with E-state index in [4.69, 9.17) is 4.74 Å². The summed E-state index contributed by atoms with van der Waals surface area (Å²) in [5.41, 5.74) is 3.67. The minimum Gasteiger partial charge on any atom is -0.495 e. The molecule has 0 atom stereocenters. The minimum atomic E-state index is 0.883. The Morgan fingerprint density at radius 2 is 1.56 bits per heavy atom. The summed E-state index contributed by atoms with van der Waals surface area (Å²) in [7, 11) is 5.97. The Morgan fingerprint density at radius 1 is 0.815 bits per heavy atom. The zero-order valence-corrected chi connectivity index (χ0v) is 16.5. The van der Waals surface area contributed by atoms with Crippen LogP contribution in [-0.2, 0) is 13.1 Å². The predicted molar refractivity (Wildman–Crippen MR) is 111 cm³/mol. The fourth-order valence-electron chi connectivity index (χ4n) is 3.24. The third kappa shape index (κ3) is 5.22. The lowest BCUT2D eigenvalue weighted by Gasteiger charge is -2.25. The van der Waals surface area contributed by atoms with Crippen LogP contribution >= 0.6 is 0 Å². The number of rotatable bonds is 9. The molecule has 0 spiro atoms. The van der Waals surface area contributed by atoms with Crippen molar-refractivity contribution in [2.24, 2.45) is 0 Å².